The molecule has 26 heavy (non-hydrogen) atoms. The summed E-state index contributed by atoms with van der Waals surface area (Å²) in [5, 5.41) is 0. The van der Waals surface area contributed by atoms with Crippen molar-refractivity contribution in [3.8, 4) is 0 Å². The van der Waals surface area contributed by atoms with Crippen LogP contribution in [-0.4, -0.2) is 41.3 Å². The molecular formula is C19H23FN2O3S. The molecule has 3 rings (SSSR count). The summed E-state index contributed by atoms with van der Waals surface area (Å²) < 4.78 is 45.7. The largest absolute Gasteiger partial charge is 0.378 e. The van der Waals surface area contributed by atoms with Gasteiger partial charge in [0.05, 0.1) is 13.2 Å². The van der Waals surface area contributed by atoms with E-state index >= 15 is 0 Å². The van der Waals surface area contributed by atoms with E-state index in [1.54, 1.807) is 0 Å². The molecule has 0 radical (unpaired) electrons. The minimum absolute atomic E-state index is 0.266. The first-order valence-electron chi connectivity index (χ1n) is 8.72. The van der Waals surface area contributed by atoms with Crippen LogP contribution in [-0.2, 0) is 21.2 Å². The van der Waals surface area contributed by atoms with Crippen molar-refractivity contribution in [3.63, 3.8) is 0 Å². The number of rotatable bonds is 7. The molecule has 1 aliphatic heterocycles. The zero-order valence-electron chi connectivity index (χ0n) is 14.5. The summed E-state index contributed by atoms with van der Waals surface area (Å²) in [6.45, 7) is 3.57. The third-order valence-corrected chi connectivity index (χ3v) is 5.87. The quantitative estimate of drug-likeness (QED) is 0.753. The average molecular weight is 378 g/mol. The number of hydrogen-bond acceptors (Lipinski definition) is 4. The zero-order chi connectivity index (χ0) is 18.4. The van der Waals surface area contributed by atoms with Crippen molar-refractivity contribution in [2.45, 2.75) is 17.7 Å². The Hall–Kier alpha value is -1.96. The van der Waals surface area contributed by atoms with Crippen LogP contribution in [0.4, 0.5) is 10.1 Å². The van der Waals surface area contributed by atoms with Gasteiger partial charge in [0.2, 0.25) is 10.0 Å². The smallest absolute Gasteiger partial charge is 0.243 e. The van der Waals surface area contributed by atoms with Crippen molar-refractivity contribution >= 4 is 15.7 Å². The van der Waals surface area contributed by atoms with Crippen molar-refractivity contribution in [3.05, 3.63) is 59.9 Å². The molecule has 1 fully saturated rings. The first-order chi connectivity index (χ1) is 12.6. The summed E-state index contributed by atoms with van der Waals surface area (Å²) in [5.41, 5.74) is 2.32. The number of aryl methyl sites for hydroxylation is 1. The molecule has 0 aromatic heterocycles. The third kappa shape index (κ3) is 4.81. The van der Waals surface area contributed by atoms with Crippen molar-refractivity contribution < 1.29 is 17.5 Å². The number of nitrogens with one attached hydrogen (secondary N) is 1. The lowest BCUT2D eigenvalue weighted by Gasteiger charge is -2.28. The molecule has 0 amide bonds. The van der Waals surface area contributed by atoms with Crippen LogP contribution in [0.2, 0.25) is 0 Å². The van der Waals surface area contributed by atoms with Crippen molar-refractivity contribution in [1.29, 1.82) is 0 Å². The average Bonchev–Trinajstić information content (AvgIpc) is 2.67. The van der Waals surface area contributed by atoms with E-state index in [9.17, 15) is 12.8 Å². The summed E-state index contributed by atoms with van der Waals surface area (Å²) in [5.74, 6) is -0.737. The molecular weight excluding hydrogens is 355 g/mol. The van der Waals surface area contributed by atoms with Gasteiger partial charge in [-0.15, -0.1) is 0 Å². The second-order valence-electron chi connectivity index (χ2n) is 6.20. The minimum atomic E-state index is -3.81. The van der Waals surface area contributed by atoms with Gasteiger partial charge in [0, 0.05) is 25.3 Å². The Labute approximate surface area is 153 Å². The molecule has 1 heterocycles. The Kier molecular flexibility index (Phi) is 6.24. The van der Waals surface area contributed by atoms with E-state index in [4.69, 9.17) is 4.74 Å². The maximum absolute atomic E-state index is 13.6. The van der Waals surface area contributed by atoms with E-state index in [1.165, 1.54) is 23.9 Å². The molecule has 5 nitrogen and oxygen atoms in total. The van der Waals surface area contributed by atoms with E-state index in [1.807, 2.05) is 0 Å². The van der Waals surface area contributed by atoms with Gasteiger partial charge < -0.3 is 9.64 Å². The van der Waals surface area contributed by atoms with Crippen LogP contribution in [0.25, 0.3) is 0 Å². The molecule has 1 N–H and O–H groups in total. The minimum Gasteiger partial charge on any atom is -0.378 e. The Balaban J connectivity index is 1.48. The molecule has 0 spiro atoms. The summed E-state index contributed by atoms with van der Waals surface area (Å²) in [7, 11) is -3.81. The first kappa shape index (κ1) is 18.8. The van der Waals surface area contributed by atoms with Gasteiger partial charge in [-0.25, -0.2) is 17.5 Å². The van der Waals surface area contributed by atoms with Crippen LogP contribution in [0.3, 0.4) is 0 Å². The standard InChI is InChI=1S/C19H23FN2O3S/c20-18-5-1-2-6-19(18)26(23,24)21-11-3-4-16-7-9-17(10-8-16)22-12-14-25-15-13-22/h1-2,5-10,21H,3-4,11-15H2. The van der Waals surface area contributed by atoms with Crippen LogP contribution >= 0.6 is 0 Å². The fourth-order valence-electron chi connectivity index (χ4n) is 2.93. The van der Waals surface area contributed by atoms with Gasteiger partial charge in [0.15, 0.2) is 0 Å². The van der Waals surface area contributed by atoms with Gasteiger partial charge in [-0.3, -0.25) is 0 Å². The number of morpholine rings is 1. The normalized spacial score (nSPS) is 15.2. The molecule has 0 saturated carbocycles. The van der Waals surface area contributed by atoms with Crippen molar-refractivity contribution in [2.75, 3.05) is 37.7 Å². The number of benzene rings is 2. The summed E-state index contributed by atoms with van der Waals surface area (Å²) in [4.78, 5) is 1.98. The predicted molar refractivity (Wildman–Crippen MR) is 99.4 cm³/mol. The number of halogens is 1. The van der Waals surface area contributed by atoms with Crippen molar-refractivity contribution in [1.82, 2.24) is 4.72 Å². The summed E-state index contributed by atoms with van der Waals surface area (Å²) in [6.07, 6.45) is 1.40. The third-order valence-electron chi connectivity index (χ3n) is 4.37. The van der Waals surface area contributed by atoms with E-state index in [0.29, 0.717) is 6.42 Å². The molecule has 0 bridgehead atoms. The molecule has 0 atom stereocenters. The Morgan fingerprint density at radius 1 is 1.04 bits per heavy atom. The lowest BCUT2D eigenvalue weighted by atomic mass is 10.1. The summed E-state index contributed by atoms with van der Waals surface area (Å²) >= 11 is 0. The molecule has 1 saturated heterocycles. The van der Waals surface area contributed by atoms with Gasteiger partial charge in [0.1, 0.15) is 10.7 Å². The van der Waals surface area contributed by atoms with Crippen LogP contribution in [0.1, 0.15) is 12.0 Å². The van der Waals surface area contributed by atoms with Gasteiger partial charge in [0.25, 0.3) is 0 Å². The van der Waals surface area contributed by atoms with E-state index < -0.39 is 15.8 Å². The zero-order valence-corrected chi connectivity index (χ0v) is 15.3. The fraction of sp³-hybridized carbons (Fsp3) is 0.368. The van der Waals surface area contributed by atoms with Crippen LogP contribution in [0.15, 0.2) is 53.4 Å². The predicted octanol–water partition coefficient (Wildman–Crippen LogP) is 2.57. The highest BCUT2D eigenvalue weighted by molar-refractivity contribution is 7.89. The molecule has 1 aliphatic rings. The van der Waals surface area contributed by atoms with Gasteiger partial charge in [-0.1, -0.05) is 24.3 Å². The fourth-order valence-corrected chi connectivity index (χ4v) is 4.09. The Morgan fingerprint density at radius 3 is 2.42 bits per heavy atom. The molecule has 140 valence electrons. The second kappa shape index (κ2) is 8.62. The summed E-state index contributed by atoms with van der Waals surface area (Å²) in [6, 6.07) is 13.7. The number of anilines is 1. The highest BCUT2D eigenvalue weighted by Crippen LogP contribution is 2.17. The lowest BCUT2D eigenvalue weighted by molar-refractivity contribution is 0.122. The van der Waals surface area contributed by atoms with Crippen molar-refractivity contribution in [2.24, 2.45) is 0 Å². The maximum atomic E-state index is 13.6. The first-order valence-corrected chi connectivity index (χ1v) is 10.2. The van der Waals surface area contributed by atoms with Gasteiger partial charge >= 0.3 is 0 Å². The number of sulfonamides is 1. The molecule has 7 heteroatoms. The maximum Gasteiger partial charge on any atom is 0.243 e. The lowest BCUT2D eigenvalue weighted by Crippen LogP contribution is -2.36. The number of ether oxygens (including phenoxy) is 1. The molecule has 0 unspecified atom stereocenters. The highest BCUT2D eigenvalue weighted by Gasteiger charge is 2.17. The van der Waals surface area contributed by atoms with Gasteiger partial charge in [-0.2, -0.15) is 0 Å². The topological polar surface area (TPSA) is 58.6 Å². The van der Waals surface area contributed by atoms with E-state index in [-0.39, 0.29) is 11.4 Å². The van der Waals surface area contributed by atoms with E-state index in [2.05, 4.69) is 33.9 Å². The molecule has 2 aromatic carbocycles. The van der Waals surface area contributed by atoms with Crippen LogP contribution < -0.4 is 9.62 Å². The van der Waals surface area contributed by atoms with Crippen LogP contribution in [0, 0.1) is 5.82 Å². The monoisotopic (exact) mass is 378 g/mol. The highest BCUT2D eigenvalue weighted by atomic mass is 32.2. The molecule has 0 aliphatic carbocycles. The van der Waals surface area contributed by atoms with Crippen LogP contribution in [0.5, 0.6) is 0 Å². The Bertz CT molecular complexity index is 819. The molecule has 2 aromatic rings. The number of hydrogen-bond donors (Lipinski definition) is 1. The van der Waals surface area contributed by atoms with E-state index in [0.717, 1.165) is 44.4 Å². The van der Waals surface area contributed by atoms with Gasteiger partial charge in [-0.05, 0) is 42.7 Å². The number of nitrogens with zero attached hydrogens (tertiary/aromatic N) is 1. The SMILES string of the molecule is O=S(=O)(NCCCc1ccc(N2CCOCC2)cc1)c1ccccc1F. The Morgan fingerprint density at radius 2 is 1.73 bits per heavy atom. The second-order valence-corrected chi connectivity index (χ2v) is 7.93.